The maximum atomic E-state index is 6.43. The zero-order chi connectivity index (χ0) is 16.3. The molecule has 2 aliphatic heterocycles. The Bertz CT molecular complexity index is 351. The summed E-state index contributed by atoms with van der Waals surface area (Å²) in [4.78, 5) is 5.28. The van der Waals surface area contributed by atoms with Crippen molar-refractivity contribution in [2.45, 2.75) is 77.9 Å². The Balaban J connectivity index is 1.34. The summed E-state index contributed by atoms with van der Waals surface area (Å²) in [6, 6.07) is 0. The molecule has 2 saturated heterocycles. The average molecular weight is 323 g/mol. The van der Waals surface area contributed by atoms with E-state index in [2.05, 4.69) is 30.6 Å². The van der Waals surface area contributed by atoms with Gasteiger partial charge < -0.3 is 14.5 Å². The minimum absolute atomic E-state index is 0.532. The Morgan fingerprint density at radius 1 is 0.913 bits per heavy atom. The molecule has 134 valence electrons. The van der Waals surface area contributed by atoms with Gasteiger partial charge in [-0.05, 0) is 62.8 Å². The lowest BCUT2D eigenvalue weighted by Gasteiger charge is -2.38. The molecule has 0 unspecified atom stereocenters. The van der Waals surface area contributed by atoms with Gasteiger partial charge in [-0.1, -0.05) is 20.8 Å². The highest BCUT2D eigenvalue weighted by molar-refractivity contribution is 4.96. The van der Waals surface area contributed by atoms with Crippen LogP contribution in [-0.4, -0.2) is 61.3 Å². The SMILES string of the molecule is CCN1CCC(OC2CCN(CC3(CC(C)C)CC3)CC2)CC1. The molecular formula is C20H38N2O. The molecule has 0 radical (unpaired) electrons. The zero-order valence-corrected chi connectivity index (χ0v) is 15.7. The van der Waals surface area contributed by atoms with Gasteiger partial charge in [0.2, 0.25) is 0 Å². The number of nitrogens with zero attached hydrogens (tertiary/aromatic N) is 2. The van der Waals surface area contributed by atoms with E-state index < -0.39 is 0 Å². The molecule has 3 aliphatic rings. The lowest BCUT2D eigenvalue weighted by atomic mass is 9.93. The van der Waals surface area contributed by atoms with E-state index in [9.17, 15) is 0 Å². The first kappa shape index (κ1) is 17.7. The molecule has 0 aromatic heterocycles. The number of rotatable bonds is 7. The van der Waals surface area contributed by atoms with Crippen molar-refractivity contribution in [3.8, 4) is 0 Å². The molecule has 2 heterocycles. The number of hydrogen-bond acceptors (Lipinski definition) is 3. The number of piperidine rings is 2. The second-order valence-corrected chi connectivity index (χ2v) is 8.84. The van der Waals surface area contributed by atoms with E-state index in [0.29, 0.717) is 17.6 Å². The molecule has 1 saturated carbocycles. The van der Waals surface area contributed by atoms with E-state index >= 15 is 0 Å². The van der Waals surface area contributed by atoms with E-state index in [0.717, 1.165) is 5.92 Å². The molecule has 0 amide bonds. The van der Waals surface area contributed by atoms with Gasteiger partial charge in [0, 0.05) is 32.7 Å². The highest BCUT2D eigenvalue weighted by atomic mass is 16.5. The lowest BCUT2D eigenvalue weighted by molar-refractivity contribution is -0.0661. The molecule has 0 aromatic carbocycles. The Morgan fingerprint density at radius 2 is 1.43 bits per heavy atom. The average Bonchev–Trinajstić information content (AvgIpc) is 3.28. The first-order valence-electron chi connectivity index (χ1n) is 10.2. The van der Waals surface area contributed by atoms with Crippen LogP contribution in [0.25, 0.3) is 0 Å². The largest absolute Gasteiger partial charge is 0.375 e. The standard InChI is InChI=1S/C20H38N2O/c1-4-21-11-5-18(6-12-21)23-19-7-13-22(14-8-19)16-20(9-10-20)15-17(2)3/h17-19H,4-16H2,1-3H3. The fraction of sp³-hybridized carbons (Fsp3) is 1.00. The highest BCUT2D eigenvalue weighted by Crippen LogP contribution is 2.51. The van der Waals surface area contributed by atoms with Crippen LogP contribution in [-0.2, 0) is 4.74 Å². The predicted molar refractivity (Wildman–Crippen MR) is 96.8 cm³/mol. The molecule has 3 fully saturated rings. The third kappa shape index (κ3) is 5.17. The Labute approximate surface area is 143 Å². The first-order chi connectivity index (χ1) is 11.1. The van der Waals surface area contributed by atoms with E-state index in [4.69, 9.17) is 4.74 Å². The molecule has 0 atom stereocenters. The van der Waals surface area contributed by atoms with E-state index in [1.54, 1.807) is 0 Å². The topological polar surface area (TPSA) is 15.7 Å². The Morgan fingerprint density at radius 3 is 1.87 bits per heavy atom. The van der Waals surface area contributed by atoms with Gasteiger partial charge in [-0.2, -0.15) is 0 Å². The van der Waals surface area contributed by atoms with Crippen molar-refractivity contribution in [3.63, 3.8) is 0 Å². The third-order valence-corrected chi connectivity index (χ3v) is 6.26. The monoisotopic (exact) mass is 322 g/mol. The van der Waals surface area contributed by atoms with Crippen LogP contribution in [0.2, 0.25) is 0 Å². The van der Waals surface area contributed by atoms with Gasteiger partial charge in [0.05, 0.1) is 12.2 Å². The fourth-order valence-corrected chi connectivity index (χ4v) is 4.78. The molecule has 3 nitrogen and oxygen atoms in total. The summed E-state index contributed by atoms with van der Waals surface area (Å²) >= 11 is 0. The maximum absolute atomic E-state index is 6.43. The first-order valence-corrected chi connectivity index (χ1v) is 10.2. The lowest BCUT2D eigenvalue weighted by Crippen LogP contribution is -2.43. The second-order valence-electron chi connectivity index (χ2n) is 8.84. The quantitative estimate of drug-likeness (QED) is 0.709. The highest BCUT2D eigenvalue weighted by Gasteiger charge is 2.44. The minimum Gasteiger partial charge on any atom is -0.375 e. The Kier molecular flexibility index (Phi) is 6.03. The maximum Gasteiger partial charge on any atom is 0.0603 e. The van der Waals surface area contributed by atoms with Crippen molar-refractivity contribution in [2.24, 2.45) is 11.3 Å². The summed E-state index contributed by atoms with van der Waals surface area (Å²) in [5, 5.41) is 0. The van der Waals surface area contributed by atoms with Crippen LogP contribution in [0.4, 0.5) is 0 Å². The zero-order valence-electron chi connectivity index (χ0n) is 15.7. The summed E-state index contributed by atoms with van der Waals surface area (Å²) in [6.45, 7) is 14.6. The van der Waals surface area contributed by atoms with E-state index in [-0.39, 0.29) is 0 Å². The van der Waals surface area contributed by atoms with Crippen molar-refractivity contribution < 1.29 is 4.74 Å². The van der Waals surface area contributed by atoms with E-state index in [1.807, 2.05) is 0 Å². The molecule has 3 rings (SSSR count). The summed E-state index contributed by atoms with van der Waals surface area (Å²) in [5.74, 6) is 0.854. The van der Waals surface area contributed by atoms with Crippen molar-refractivity contribution in [3.05, 3.63) is 0 Å². The van der Waals surface area contributed by atoms with Gasteiger partial charge in [0.1, 0.15) is 0 Å². The summed E-state index contributed by atoms with van der Waals surface area (Å²) in [6.07, 6.45) is 10.4. The van der Waals surface area contributed by atoms with Crippen molar-refractivity contribution in [1.82, 2.24) is 9.80 Å². The van der Waals surface area contributed by atoms with E-state index in [1.165, 1.54) is 84.2 Å². The van der Waals surface area contributed by atoms with Gasteiger partial charge in [-0.3, -0.25) is 0 Å². The third-order valence-electron chi connectivity index (χ3n) is 6.26. The number of hydrogen-bond donors (Lipinski definition) is 0. The number of likely N-dealkylation sites (tertiary alicyclic amines) is 2. The van der Waals surface area contributed by atoms with Gasteiger partial charge in [-0.25, -0.2) is 0 Å². The smallest absolute Gasteiger partial charge is 0.0603 e. The minimum atomic E-state index is 0.532. The normalized spacial score (nSPS) is 27.7. The van der Waals surface area contributed by atoms with Gasteiger partial charge in [-0.15, -0.1) is 0 Å². The van der Waals surface area contributed by atoms with Crippen LogP contribution < -0.4 is 0 Å². The van der Waals surface area contributed by atoms with Gasteiger partial charge in [0.15, 0.2) is 0 Å². The van der Waals surface area contributed by atoms with Crippen LogP contribution >= 0.6 is 0 Å². The van der Waals surface area contributed by atoms with Gasteiger partial charge in [0.25, 0.3) is 0 Å². The number of ether oxygens (including phenoxy) is 1. The summed E-state index contributed by atoms with van der Waals surface area (Å²) in [5.41, 5.74) is 0.689. The summed E-state index contributed by atoms with van der Waals surface area (Å²) in [7, 11) is 0. The van der Waals surface area contributed by atoms with Crippen LogP contribution in [0, 0.1) is 11.3 Å². The molecule has 0 spiro atoms. The molecule has 0 aromatic rings. The van der Waals surface area contributed by atoms with Gasteiger partial charge >= 0.3 is 0 Å². The van der Waals surface area contributed by atoms with Crippen LogP contribution in [0.1, 0.15) is 65.7 Å². The van der Waals surface area contributed by atoms with Crippen LogP contribution in [0.3, 0.4) is 0 Å². The Hall–Kier alpha value is -0.120. The van der Waals surface area contributed by atoms with Crippen LogP contribution in [0.15, 0.2) is 0 Å². The molecule has 23 heavy (non-hydrogen) atoms. The predicted octanol–water partition coefficient (Wildman–Crippen LogP) is 3.78. The van der Waals surface area contributed by atoms with Crippen molar-refractivity contribution >= 4 is 0 Å². The van der Waals surface area contributed by atoms with Crippen molar-refractivity contribution in [2.75, 3.05) is 39.3 Å². The molecular weight excluding hydrogens is 284 g/mol. The van der Waals surface area contributed by atoms with Crippen LogP contribution in [0.5, 0.6) is 0 Å². The molecule has 1 aliphatic carbocycles. The summed E-state index contributed by atoms with van der Waals surface area (Å²) < 4.78 is 6.43. The van der Waals surface area contributed by atoms with Crippen molar-refractivity contribution in [1.29, 1.82) is 0 Å². The molecule has 0 bridgehead atoms. The molecule has 3 heteroatoms. The fourth-order valence-electron chi connectivity index (χ4n) is 4.78. The second kappa shape index (κ2) is 7.84. The molecule has 0 N–H and O–H groups in total.